The van der Waals surface area contributed by atoms with Gasteiger partial charge in [-0.1, -0.05) is 13.8 Å². The third-order valence-electron chi connectivity index (χ3n) is 14.5. The number of hydrogen-bond donors (Lipinski definition) is 6. The molecule has 10 nitrogen and oxygen atoms in total. The summed E-state index contributed by atoms with van der Waals surface area (Å²) in [5.41, 5.74) is 2.96. The van der Waals surface area contributed by atoms with Crippen LogP contribution < -0.4 is 9.47 Å². The topological polar surface area (TPSA) is 174 Å². The third kappa shape index (κ3) is 5.27. The Balaban J connectivity index is 0.960. The number of hydrogen-bond acceptors (Lipinski definition) is 10. The van der Waals surface area contributed by atoms with Crippen LogP contribution >= 0.6 is 0 Å². The van der Waals surface area contributed by atoms with Crippen LogP contribution in [0, 0.1) is 34.5 Å². The van der Waals surface area contributed by atoms with E-state index in [2.05, 4.69) is 13.8 Å². The molecule has 0 radical (unpaired) electrons. The van der Waals surface area contributed by atoms with Gasteiger partial charge in [0.05, 0.1) is 37.3 Å². The lowest BCUT2D eigenvalue weighted by Crippen LogP contribution is -2.45. The number of phenols is 2. The zero-order valence-corrected chi connectivity index (χ0v) is 28.9. The molecule has 4 fully saturated rings. The van der Waals surface area contributed by atoms with Crippen molar-refractivity contribution in [1.82, 2.24) is 0 Å². The normalized spacial score (nSPS) is 39.6. The van der Waals surface area contributed by atoms with E-state index in [0.29, 0.717) is 37.2 Å². The predicted octanol–water partition coefficient (Wildman–Crippen LogP) is 4.76. The van der Waals surface area contributed by atoms with Gasteiger partial charge in [-0.05, 0) is 134 Å². The molecule has 0 unspecified atom stereocenters. The lowest BCUT2D eigenvalue weighted by molar-refractivity contribution is -0.140. The maximum Gasteiger partial charge on any atom is 0.311 e. The van der Waals surface area contributed by atoms with E-state index in [0.717, 1.165) is 60.8 Å². The Hall–Kier alpha value is -3.18. The molecule has 2 aromatic rings. The first-order valence-corrected chi connectivity index (χ1v) is 18.6. The van der Waals surface area contributed by atoms with Crippen LogP contribution in [0.15, 0.2) is 24.3 Å². The fraction of sp³-hybridized carbons (Fsp3) is 0.650. The van der Waals surface area contributed by atoms with Gasteiger partial charge in [0.2, 0.25) is 0 Å². The Morgan fingerprint density at radius 3 is 1.46 bits per heavy atom. The number of fused-ring (bicyclic) bond motifs is 10. The number of aliphatic hydroxyl groups is 4. The second-order valence-electron chi connectivity index (χ2n) is 16.9. The van der Waals surface area contributed by atoms with E-state index >= 15 is 0 Å². The molecular formula is C40H50O10. The van der Waals surface area contributed by atoms with E-state index in [1.165, 1.54) is 12.1 Å². The predicted molar refractivity (Wildman–Crippen MR) is 181 cm³/mol. The molecule has 0 aliphatic heterocycles. The first-order valence-electron chi connectivity index (χ1n) is 18.6. The summed E-state index contributed by atoms with van der Waals surface area (Å²) in [5.74, 6) is 0.207. The van der Waals surface area contributed by atoms with Crippen molar-refractivity contribution in [1.29, 1.82) is 0 Å². The smallest absolute Gasteiger partial charge is 0.311 e. The number of aryl methyl sites for hydroxylation is 2. The summed E-state index contributed by atoms with van der Waals surface area (Å²) in [6.07, 6.45) is 3.73. The van der Waals surface area contributed by atoms with Crippen LogP contribution in [0.4, 0.5) is 0 Å². The van der Waals surface area contributed by atoms with Crippen molar-refractivity contribution in [3.63, 3.8) is 0 Å². The van der Waals surface area contributed by atoms with Crippen molar-refractivity contribution in [2.45, 2.75) is 127 Å². The van der Waals surface area contributed by atoms with Crippen LogP contribution in [0.25, 0.3) is 0 Å². The Labute approximate surface area is 292 Å². The second-order valence-corrected chi connectivity index (χ2v) is 16.9. The highest BCUT2D eigenvalue weighted by Crippen LogP contribution is 2.63. The maximum absolute atomic E-state index is 13.3. The molecule has 8 rings (SSSR count). The molecule has 0 aromatic heterocycles. The van der Waals surface area contributed by atoms with E-state index in [9.17, 15) is 40.2 Å². The van der Waals surface area contributed by atoms with Crippen molar-refractivity contribution < 1.29 is 49.7 Å². The Morgan fingerprint density at radius 2 is 1.06 bits per heavy atom. The molecule has 0 heterocycles. The highest BCUT2D eigenvalue weighted by atomic mass is 16.5. The van der Waals surface area contributed by atoms with E-state index in [1.54, 1.807) is 12.1 Å². The fourth-order valence-electron chi connectivity index (χ4n) is 12.0. The van der Waals surface area contributed by atoms with Crippen molar-refractivity contribution in [3.8, 4) is 23.0 Å². The van der Waals surface area contributed by atoms with Crippen LogP contribution in [-0.4, -0.2) is 67.0 Å². The molecule has 2 aromatic carbocycles. The largest absolute Gasteiger partial charge is 0.508 e. The number of phenolic OH excluding ortho intramolecular Hbond substituents is 2. The molecule has 50 heavy (non-hydrogen) atoms. The number of benzene rings is 2. The molecule has 270 valence electrons. The van der Waals surface area contributed by atoms with Crippen molar-refractivity contribution in [2.24, 2.45) is 34.5 Å². The van der Waals surface area contributed by atoms with Crippen LogP contribution in [-0.2, 0) is 22.4 Å². The summed E-state index contributed by atoms with van der Waals surface area (Å²) in [4.78, 5) is 26.5. The highest BCUT2D eigenvalue weighted by molar-refractivity contribution is 5.81. The first kappa shape index (κ1) is 33.9. The number of aliphatic hydroxyl groups excluding tert-OH is 4. The van der Waals surface area contributed by atoms with Gasteiger partial charge in [0, 0.05) is 23.3 Å². The molecule has 0 bridgehead atoms. The van der Waals surface area contributed by atoms with Crippen LogP contribution in [0.5, 0.6) is 23.0 Å². The van der Waals surface area contributed by atoms with Gasteiger partial charge in [-0.15, -0.1) is 0 Å². The van der Waals surface area contributed by atoms with Crippen molar-refractivity contribution >= 4 is 11.9 Å². The van der Waals surface area contributed by atoms with Crippen LogP contribution in [0.3, 0.4) is 0 Å². The Bertz CT molecular complexity index is 1580. The summed E-state index contributed by atoms with van der Waals surface area (Å²) in [5, 5.41) is 63.8. The monoisotopic (exact) mass is 690 g/mol. The zero-order chi connectivity index (χ0) is 35.3. The van der Waals surface area contributed by atoms with E-state index in [1.807, 2.05) is 0 Å². The molecule has 6 aliphatic rings. The summed E-state index contributed by atoms with van der Waals surface area (Å²) in [6, 6.07) is 6.40. The van der Waals surface area contributed by atoms with Gasteiger partial charge in [-0.3, -0.25) is 9.59 Å². The van der Waals surface area contributed by atoms with Gasteiger partial charge in [-0.2, -0.15) is 0 Å². The third-order valence-corrected chi connectivity index (χ3v) is 14.5. The lowest BCUT2D eigenvalue weighted by atomic mass is 9.55. The van der Waals surface area contributed by atoms with Gasteiger partial charge in [0.25, 0.3) is 0 Å². The summed E-state index contributed by atoms with van der Waals surface area (Å²) >= 11 is 0. The number of rotatable bonds is 5. The molecule has 0 saturated heterocycles. The number of aromatic hydroxyl groups is 2. The minimum absolute atomic E-state index is 0.00776. The first-order chi connectivity index (χ1) is 23.8. The number of carbonyl (C=O) groups is 2. The molecule has 12 atom stereocenters. The molecular weight excluding hydrogens is 640 g/mol. The molecule has 6 aliphatic carbocycles. The molecule has 0 amide bonds. The van der Waals surface area contributed by atoms with Gasteiger partial charge in [0.1, 0.15) is 23.0 Å². The highest BCUT2D eigenvalue weighted by Gasteiger charge is 2.59. The SMILES string of the molecule is C[C@]12CC[C@@H]3c4c(cc(O)cc4OC(=O)CCC(=O)Oc4cc(O)cc5c4[C@H]4CC[C@]6(C)[C@@H](O)[C@H](O)C[C@H]6[C@@H]4CC5)CC[C@H]3[C@@H]1C[C@@H](O)[C@@H]2O. The van der Waals surface area contributed by atoms with Gasteiger partial charge >= 0.3 is 11.9 Å². The Kier molecular flexibility index (Phi) is 8.29. The molecule has 10 heteroatoms. The molecule has 6 N–H and O–H groups in total. The number of carbonyl (C=O) groups excluding carboxylic acids is 2. The standard InChI is InChI=1S/C40H50O10/c1-39-11-9-25-23(27(39)17-29(43)37(39)47)5-3-19-13-21(41)15-31(35(19)25)49-33(45)7-8-34(46)50-32-16-22(42)14-20-4-6-24-26(36(20)32)10-12-40(2)28(24)18-30(44)38(40)48/h13-16,23-30,37-38,41-44,47-48H,3-12,17-18H2,1-2H3/t23-,24-,25+,26+,27+,28+,29-,30-,37+,38+,39+,40+/m1/s1. The fourth-order valence-corrected chi connectivity index (χ4v) is 12.0. The summed E-state index contributed by atoms with van der Waals surface area (Å²) in [7, 11) is 0. The van der Waals surface area contributed by atoms with E-state index < -0.39 is 36.4 Å². The lowest BCUT2D eigenvalue weighted by Gasteiger charge is -2.50. The van der Waals surface area contributed by atoms with Gasteiger partial charge in [0.15, 0.2) is 0 Å². The van der Waals surface area contributed by atoms with Crippen LogP contribution in [0.1, 0.15) is 112 Å². The summed E-state index contributed by atoms with van der Waals surface area (Å²) in [6.45, 7) is 4.14. The minimum Gasteiger partial charge on any atom is -0.508 e. The Morgan fingerprint density at radius 1 is 0.660 bits per heavy atom. The number of ether oxygens (including phenoxy) is 2. The van der Waals surface area contributed by atoms with E-state index in [4.69, 9.17) is 9.47 Å². The van der Waals surface area contributed by atoms with Crippen molar-refractivity contribution in [3.05, 3.63) is 46.5 Å². The van der Waals surface area contributed by atoms with Crippen molar-refractivity contribution in [2.75, 3.05) is 0 Å². The van der Waals surface area contributed by atoms with Crippen LogP contribution in [0.2, 0.25) is 0 Å². The zero-order valence-electron chi connectivity index (χ0n) is 28.9. The van der Waals surface area contributed by atoms with E-state index in [-0.39, 0.29) is 70.7 Å². The maximum atomic E-state index is 13.3. The molecule has 4 saturated carbocycles. The van der Waals surface area contributed by atoms with Gasteiger partial charge < -0.3 is 40.1 Å². The average molecular weight is 691 g/mol. The van der Waals surface area contributed by atoms with Gasteiger partial charge in [-0.25, -0.2) is 0 Å². The summed E-state index contributed by atoms with van der Waals surface area (Å²) < 4.78 is 11.8. The quantitative estimate of drug-likeness (QED) is 0.190. The second kappa shape index (κ2) is 12.2. The molecule has 0 spiro atoms. The average Bonchev–Trinajstić information content (AvgIpc) is 3.45. The number of esters is 2. The minimum atomic E-state index is -0.757.